The maximum Gasteiger partial charge on any atom is 0.123 e. The van der Waals surface area contributed by atoms with Gasteiger partial charge in [0.1, 0.15) is 5.82 Å². The SMILES string of the molecule is C[C@@H](NCCO)c1ccc(F)cc1. The van der Waals surface area contributed by atoms with Gasteiger partial charge in [0.05, 0.1) is 6.61 Å². The molecule has 0 heterocycles. The van der Waals surface area contributed by atoms with Crippen LogP contribution in [0.5, 0.6) is 0 Å². The van der Waals surface area contributed by atoms with E-state index in [0.29, 0.717) is 6.54 Å². The van der Waals surface area contributed by atoms with Gasteiger partial charge in [-0.1, -0.05) is 12.1 Å². The number of halogens is 1. The first-order valence-electron chi connectivity index (χ1n) is 4.33. The van der Waals surface area contributed by atoms with E-state index >= 15 is 0 Å². The molecule has 0 aromatic heterocycles. The number of hydrogen-bond acceptors (Lipinski definition) is 2. The molecular formula is C10H14FNO. The number of rotatable bonds is 4. The van der Waals surface area contributed by atoms with Crippen molar-refractivity contribution in [3.8, 4) is 0 Å². The fourth-order valence-electron chi connectivity index (χ4n) is 1.15. The zero-order valence-electron chi connectivity index (χ0n) is 7.63. The summed E-state index contributed by atoms with van der Waals surface area (Å²) in [7, 11) is 0. The zero-order valence-corrected chi connectivity index (χ0v) is 7.63. The second-order valence-corrected chi connectivity index (χ2v) is 2.95. The molecule has 0 radical (unpaired) electrons. The first-order chi connectivity index (χ1) is 6.24. The van der Waals surface area contributed by atoms with E-state index in [2.05, 4.69) is 5.32 Å². The van der Waals surface area contributed by atoms with Crippen LogP contribution in [0.25, 0.3) is 0 Å². The third-order valence-corrected chi connectivity index (χ3v) is 1.93. The van der Waals surface area contributed by atoms with Crippen LogP contribution in [0.4, 0.5) is 4.39 Å². The Kier molecular flexibility index (Phi) is 3.86. The number of benzene rings is 1. The Morgan fingerprint density at radius 1 is 1.38 bits per heavy atom. The van der Waals surface area contributed by atoms with Crippen molar-refractivity contribution in [3.05, 3.63) is 35.6 Å². The fraction of sp³-hybridized carbons (Fsp3) is 0.400. The summed E-state index contributed by atoms with van der Waals surface area (Å²) in [6.45, 7) is 2.65. The van der Waals surface area contributed by atoms with Gasteiger partial charge in [-0.25, -0.2) is 4.39 Å². The van der Waals surface area contributed by atoms with Crippen molar-refractivity contribution < 1.29 is 9.50 Å². The second-order valence-electron chi connectivity index (χ2n) is 2.95. The third-order valence-electron chi connectivity index (χ3n) is 1.93. The topological polar surface area (TPSA) is 32.3 Å². The normalized spacial score (nSPS) is 12.8. The molecule has 2 N–H and O–H groups in total. The van der Waals surface area contributed by atoms with Gasteiger partial charge in [-0.2, -0.15) is 0 Å². The lowest BCUT2D eigenvalue weighted by Gasteiger charge is -2.12. The average Bonchev–Trinajstić information content (AvgIpc) is 2.15. The first-order valence-corrected chi connectivity index (χ1v) is 4.33. The largest absolute Gasteiger partial charge is 0.395 e. The number of aliphatic hydroxyl groups is 1. The van der Waals surface area contributed by atoms with Crippen LogP contribution in [0.15, 0.2) is 24.3 Å². The van der Waals surface area contributed by atoms with Crippen LogP contribution in [-0.2, 0) is 0 Å². The molecule has 3 heteroatoms. The molecule has 1 rings (SSSR count). The van der Waals surface area contributed by atoms with E-state index in [1.807, 2.05) is 6.92 Å². The van der Waals surface area contributed by atoms with E-state index in [1.54, 1.807) is 12.1 Å². The highest BCUT2D eigenvalue weighted by Gasteiger charge is 2.02. The Balaban J connectivity index is 2.55. The van der Waals surface area contributed by atoms with Crippen molar-refractivity contribution in [3.63, 3.8) is 0 Å². The van der Waals surface area contributed by atoms with Gasteiger partial charge in [0.25, 0.3) is 0 Å². The lowest BCUT2D eigenvalue weighted by Crippen LogP contribution is -2.21. The van der Waals surface area contributed by atoms with E-state index in [0.717, 1.165) is 5.56 Å². The minimum atomic E-state index is -0.224. The van der Waals surface area contributed by atoms with Crippen LogP contribution in [0.3, 0.4) is 0 Å². The Morgan fingerprint density at radius 3 is 2.54 bits per heavy atom. The molecule has 0 fully saturated rings. The molecule has 0 saturated heterocycles. The molecule has 0 saturated carbocycles. The molecule has 0 amide bonds. The highest BCUT2D eigenvalue weighted by atomic mass is 19.1. The second kappa shape index (κ2) is 4.94. The molecule has 0 unspecified atom stereocenters. The van der Waals surface area contributed by atoms with Crippen molar-refractivity contribution in [1.82, 2.24) is 5.32 Å². The Labute approximate surface area is 77.4 Å². The van der Waals surface area contributed by atoms with Crippen molar-refractivity contribution in [2.75, 3.05) is 13.2 Å². The molecule has 0 spiro atoms. The Morgan fingerprint density at radius 2 is 2.00 bits per heavy atom. The van der Waals surface area contributed by atoms with Crippen LogP contribution in [-0.4, -0.2) is 18.3 Å². The van der Waals surface area contributed by atoms with Crippen LogP contribution in [0.2, 0.25) is 0 Å². The van der Waals surface area contributed by atoms with Gasteiger partial charge in [-0.3, -0.25) is 0 Å². The minimum Gasteiger partial charge on any atom is -0.395 e. The zero-order chi connectivity index (χ0) is 9.68. The summed E-state index contributed by atoms with van der Waals surface area (Å²) in [4.78, 5) is 0. The van der Waals surface area contributed by atoms with Crippen molar-refractivity contribution >= 4 is 0 Å². The highest BCUT2D eigenvalue weighted by Crippen LogP contribution is 2.11. The maximum absolute atomic E-state index is 12.5. The van der Waals surface area contributed by atoms with E-state index < -0.39 is 0 Å². The predicted octanol–water partition coefficient (Wildman–Crippen LogP) is 1.47. The molecule has 0 bridgehead atoms. The van der Waals surface area contributed by atoms with E-state index in [9.17, 15) is 4.39 Å². The van der Waals surface area contributed by atoms with E-state index in [-0.39, 0.29) is 18.5 Å². The lowest BCUT2D eigenvalue weighted by atomic mass is 10.1. The minimum absolute atomic E-state index is 0.117. The molecule has 2 nitrogen and oxygen atoms in total. The first kappa shape index (κ1) is 10.2. The van der Waals surface area contributed by atoms with Gasteiger partial charge >= 0.3 is 0 Å². The summed E-state index contributed by atoms with van der Waals surface area (Å²) in [5, 5.41) is 11.7. The number of nitrogens with one attached hydrogen (secondary N) is 1. The molecule has 0 aliphatic heterocycles. The summed E-state index contributed by atoms with van der Waals surface area (Å²) in [5.74, 6) is -0.224. The highest BCUT2D eigenvalue weighted by molar-refractivity contribution is 5.19. The standard InChI is InChI=1S/C10H14FNO/c1-8(12-6-7-13)9-2-4-10(11)5-3-9/h2-5,8,12-13H,6-7H2,1H3/t8-/m1/s1. The Hall–Kier alpha value is -0.930. The van der Waals surface area contributed by atoms with Gasteiger partial charge in [-0.15, -0.1) is 0 Å². The van der Waals surface area contributed by atoms with Crippen LogP contribution >= 0.6 is 0 Å². The van der Waals surface area contributed by atoms with Gasteiger partial charge in [0.2, 0.25) is 0 Å². The summed E-state index contributed by atoms with van der Waals surface area (Å²) in [5.41, 5.74) is 1.02. The van der Waals surface area contributed by atoms with Crippen molar-refractivity contribution in [2.45, 2.75) is 13.0 Å². The molecular weight excluding hydrogens is 169 g/mol. The predicted molar refractivity (Wildman–Crippen MR) is 49.9 cm³/mol. The van der Waals surface area contributed by atoms with E-state index in [4.69, 9.17) is 5.11 Å². The van der Waals surface area contributed by atoms with Crippen LogP contribution < -0.4 is 5.32 Å². The number of hydrogen-bond donors (Lipinski definition) is 2. The van der Waals surface area contributed by atoms with Crippen LogP contribution in [0.1, 0.15) is 18.5 Å². The molecule has 0 aliphatic carbocycles. The smallest absolute Gasteiger partial charge is 0.123 e. The van der Waals surface area contributed by atoms with Crippen LogP contribution in [0, 0.1) is 5.82 Å². The van der Waals surface area contributed by atoms with Gasteiger partial charge < -0.3 is 10.4 Å². The maximum atomic E-state index is 12.5. The van der Waals surface area contributed by atoms with Gasteiger partial charge in [-0.05, 0) is 24.6 Å². The lowest BCUT2D eigenvalue weighted by molar-refractivity contribution is 0.286. The summed E-state index contributed by atoms with van der Waals surface area (Å²) < 4.78 is 12.5. The summed E-state index contributed by atoms with van der Waals surface area (Å²) in [6, 6.07) is 6.50. The fourth-order valence-corrected chi connectivity index (χ4v) is 1.15. The molecule has 13 heavy (non-hydrogen) atoms. The molecule has 1 aromatic carbocycles. The van der Waals surface area contributed by atoms with Crippen molar-refractivity contribution in [1.29, 1.82) is 0 Å². The van der Waals surface area contributed by atoms with E-state index in [1.165, 1.54) is 12.1 Å². The third kappa shape index (κ3) is 3.13. The molecule has 0 aliphatic rings. The molecule has 1 aromatic rings. The summed E-state index contributed by atoms with van der Waals surface area (Å²) >= 11 is 0. The molecule has 1 atom stereocenters. The average molecular weight is 183 g/mol. The Bertz CT molecular complexity index is 248. The monoisotopic (exact) mass is 183 g/mol. The van der Waals surface area contributed by atoms with Gasteiger partial charge in [0.15, 0.2) is 0 Å². The quantitative estimate of drug-likeness (QED) is 0.740. The molecule has 72 valence electrons. The van der Waals surface area contributed by atoms with Crippen molar-refractivity contribution in [2.24, 2.45) is 0 Å². The van der Waals surface area contributed by atoms with Gasteiger partial charge in [0, 0.05) is 12.6 Å². The number of aliphatic hydroxyl groups excluding tert-OH is 1. The summed E-state index contributed by atoms with van der Waals surface area (Å²) in [6.07, 6.45) is 0.